The molecule has 0 spiro atoms. The molecule has 0 aliphatic carbocycles. The number of halogens is 2. The fourth-order valence-electron chi connectivity index (χ4n) is 4.38. The van der Waals surface area contributed by atoms with Crippen molar-refractivity contribution >= 4 is 5.91 Å². The van der Waals surface area contributed by atoms with Crippen LogP contribution in [0.15, 0.2) is 66.7 Å². The summed E-state index contributed by atoms with van der Waals surface area (Å²) in [5.41, 5.74) is 1.87. The Kier molecular flexibility index (Phi) is 6.31. The number of carbonyl (C=O) groups excluding carboxylic acids is 1. The first kappa shape index (κ1) is 21.0. The first-order valence-electron chi connectivity index (χ1n) is 10.5. The van der Waals surface area contributed by atoms with Gasteiger partial charge in [0.05, 0.1) is 12.7 Å². The summed E-state index contributed by atoms with van der Waals surface area (Å²) in [5, 5.41) is 0. The van der Waals surface area contributed by atoms with E-state index in [-0.39, 0.29) is 11.5 Å². The third-order valence-electron chi connectivity index (χ3n) is 5.96. The molecule has 1 amide bonds. The fraction of sp³-hybridized carbons (Fsp3) is 0.269. The minimum absolute atomic E-state index is 0.107. The van der Waals surface area contributed by atoms with Crippen LogP contribution in [0.25, 0.3) is 11.1 Å². The number of amides is 1. The average molecular weight is 421 g/mol. The zero-order valence-electron chi connectivity index (χ0n) is 17.5. The monoisotopic (exact) mass is 421 g/mol. The summed E-state index contributed by atoms with van der Waals surface area (Å²) >= 11 is 0. The highest BCUT2D eigenvalue weighted by Gasteiger charge is 2.24. The Bertz CT molecular complexity index is 1060. The molecule has 0 aromatic heterocycles. The number of hydrogen-bond acceptors (Lipinski definition) is 2. The molecule has 0 saturated carbocycles. The highest BCUT2D eigenvalue weighted by atomic mass is 19.1. The molecule has 1 unspecified atom stereocenters. The number of nitrogens with zero attached hydrogens (tertiary/aromatic N) is 1. The van der Waals surface area contributed by atoms with Gasteiger partial charge in [0.15, 0.2) is 0 Å². The maximum Gasteiger partial charge on any atom is 0.253 e. The zero-order valence-corrected chi connectivity index (χ0v) is 17.5. The smallest absolute Gasteiger partial charge is 0.253 e. The molecule has 0 bridgehead atoms. The van der Waals surface area contributed by atoms with Crippen molar-refractivity contribution in [3.05, 3.63) is 89.5 Å². The van der Waals surface area contributed by atoms with E-state index in [1.54, 1.807) is 31.4 Å². The summed E-state index contributed by atoms with van der Waals surface area (Å²) < 4.78 is 33.9. The van der Waals surface area contributed by atoms with E-state index in [4.69, 9.17) is 4.74 Å². The molecule has 3 aromatic rings. The molecule has 3 nitrogen and oxygen atoms in total. The lowest BCUT2D eigenvalue weighted by Gasteiger charge is -2.21. The summed E-state index contributed by atoms with van der Waals surface area (Å²) in [5.74, 6) is -0.183. The minimum Gasteiger partial charge on any atom is -0.496 e. The van der Waals surface area contributed by atoms with Crippen molar-refractivity contribution < 1.29 is 18.3 Å². The van der Waals surface area contributed by atoms with Crippen LogP contribution in [0, 0.1) is 11.6 Å². The Hall–Kier alpha value is -3.21. The normalized spacial score (nSPS) is 16.6. The van der Waals surface area contributed by atoms with Crippen molar-refractivity contribution in [2.45, 2.75) is 25.2 Å². The van der Waals surface area contributed by atoms with Gasteiger partial charge in [0.2, 0.25) is 0 Å². The summed E-state index contributed by atoms with van der Waals surface area (Å²) in [4.78, 5) is 15.0. The van der Waals surface area contributed by atoms with Crippen LogP contribution >= 0.6 is 0 Å². The van der Waals surface area contributed by atoms with E-state index in [0.717, 1.165) is 25.0 Å². The van der Waals surface area contributed by atoms with Crippen molar-refractivity contribution in [3.8, 4) is 16.9 Å². The number of ether oxygens (including phenoxy) is 1. The van der Waals surface area contributed by atoms with Crippen LogP contribution in [0.3, 0.4) is 0 Å². The van der Waals surface area contributed by atoms with E-state index in [0.29, 0.717) is 30.1 Å². The lowest BCUT2D eigenvalue weighted by molar-refractivity contribution is 0.0761. The number of rotatable bonds is 4. The van der Waals surface area contributed by atoms with E-state index in [1.807, 2.05) is 23.1 Å². The predicted octanol–water partition coefficient (Wildman–Crippen LogP) is 6.05. The van der Waals surface area contributed by atoms with Crippen LogP contribution in [0.2, 0.25) is 0 Å². The van der Waals surface area contributed by atoms with E-state index < -0.39 is 11.6 Å². The molecule has 1 heterocycles. The number of likely N-dealkylation sites (tertiary alicyclic amines) is 1. The molecule has 160 valence electrons. The third-order valence-corrected chi connectivity index (χ3v) is 5.96. The second-order valence-corrected chi connectivity index (χ2v) is 7.84. The van der Waals surface area contributed by atoms with Gasteiger partial charge in [-0.1, -0.05) is 36.4 Å². The maximum absolute atomic E-state index is 14.2. The van der Waals surface area contributed by atoms with Crippen molar-refractivity contribution in [1.29, 1.82) is 0 Å². The van der Waals surface area contributed by atoms with E-state index >= 15 is 0 Å². The molecular weight excluding hydrogens is 396 g/mol. The van der Waals surface area contributed by atoms with Gasteiger partial charge in [-0.3, -0.25) is 4.79 Å². The van der Waals surface area contributed by atoms with Crippen LogP contribution < -0.4 is 4.74 Å². The highest BCUT2D eigenvalue weighted by molar-refractivity contribution is 5.95. The highest BCUT2D eigenvalue weighted by Crippen LogP contribution is 2.34. The number of para-hydroxylation sites is 1. The topological polar surface area (TPSA) is 29.5 Å². The Balaban J connectivity index is 1.53. The van der Waals surface area contributed by atoms with E-state index in [9.17, 15) is 13.6 Å². The first-order chi connectivity index (χ1) is 15.1. The third kappa shape index (κ3) is 4.46. The molecule has 1 aliphatic heterocycles. The molecule has 0 N–H and O–H groups in total. The molecule has 3 aromatic carbocycles. The van der Waals surface area contributed by atoms with Crippen LogP contribution in [0.1, 0.15) is 41.1 Å². The van der Waals surface area contributed by atoms with Gasteiger partial charge in [-0.05, 0) is 66.6 Å². The van der Waals surface area contributed by atoms with Gasteiger partial charge in [0.1, 0.15) is 17.4 Å². The number of carbonyl (C=O) groups is 1. The Morgan fingerprint density at radius 3 is 2.45 bits per heavy atom. The van der Waals surface area contributed by atoms with Gasteiger partial charge in [-0.2, -0.15) is 0 Å². The molecular formula is C26H25F2NO2. The van der Waals surface area contributed by atoms with E-state index in [2.05, 4.69) is 6.07 Å². The number of hydrogen-bond donors (Lipinski definition) is 0. The Morgan fingerprint density at radius 1 is 0.935 bits per heavy atom. The largest absolute Gasteiger partial charge is 0.496 e. The lowest BCUT2D eigenvalue weighted by atomic mass is 9.91. The fourth-order valence-corrected chi connectivity index (χ4v) is 4.38. The quantitative estimate of drug-likeness (QED) is 0.513. The molecule has 31 heavy (non-hydrogen) atoms. The van der Waals surface area contributed by atoms with Crippen LogP contribution in [-0.2, 0) is 0 Å². The SMILES string of the molecule is COc1ccccc1C1CCCN(C(=O)c2cccc(-c3c(F)cccc3F)c2)CC1. The van der Waals surface area contributed by atoms with Gasteiger partial charge in [0, 0.05) is 18.7 Å². The summed E-state index contributed by atoms with van der Waals surface area (Å²) in [6.45, 7) is 1.28. The van der Waals surface area contributed by atoms with Crippen molar-refractivity contribution in [3.63, 3.8) is 0 Å². The minimum atomic E-state index is -0.640. The lowest BCUT2D eigenvalue weighted by Crippen LogP contribution is -2.32. The van der Waals surface area contributed by atoms with Crippen LogP contribution in [0.5, 0.6) is 5.75 Å². The summed E-state index contributed by atoms with van der Waals surface area (Å²) in [7, 11) is 1.68. The predicted molar refractivity (Wildman–Crippen MR) is 117 cm³/mol. The van der Waals surface area contributed by atoms with Gasteiger partial charge in [0.25, 0.3) is 5.91 Å². The Labute approximate surface area is 181 Å². The standard InChI is InChI=1S/C26H25F2NO2/c1-31-24-13-3-2-10-21(24)18-9-6-15-29(16-14-18)26(30)20-8-4-7-19(17-20)25-22(27)11-5-12-23(25)28/h2-5,7-8,10-13,17-18H,6,9,14-16H2,1H3. The molecule has 1 saturated heterocycles. The Morgan fingerprint density at radius 2 is 1.68 bits per heavy atom. The molecule has 1 aliphatic rings. The molecule has 1 atom stereocenters. The average Bonchev–Trinajstić information content (AvgIpc) is 3.05. The summed E-state index contributed by atoms with van der Waals surface area (Å²) in [6.07, 6.45) is 2.70. The van der Waals surface area contributed by atoms with Crippen molar-refractivity contribution in [1.82, 2.24) is 4.90 Å². The second-order valence-electron chi connectivity index (χ2n) is 7.84. The van der Waals surface area contributed by atoms with Crippen molar-refractivity contribution in [2.24, 2.45) is 0 Å². The van der Waals surface area contributed by atoms with Gasteiger partial charge < -0.3 is 9.64 Å². The molecule has 0 radical (unpaired) electrons. The van der Waals surface area contributed by atoms with Gasteiger partial charge in [-0.15, -0.1) is 0 Å². The summed E-state index contributed by atoms with van der Waals surface area (Å²) in [6, 6.07) is 18.4. The van der Waals surface area contributed by atoms with E-state index in [1.165, 1.54) is 23.8 Å². The number of benzene rings is 3. The van der Waals surface area contributed by atoms with Gasteiger partial charge >= 0.3 is 0 Å². The second kappa shape index (κ2) is 9.29. The maximum atomic E-state index is 14.2. The zero-order chi connectivity index (χ0) is 21.8. The van der Waals surface area contributed by atoms with Gasteiger partial charge in [-0.25, -0.2) is 8.78 Å². The van der Waals surface area contributed by atoms with Crippen LogP contribution in [-0.4, -0.2) is 31.0 Å². The molecule has 5 heteroatoms. The molecule has 1 fully saturated rings. The first-order valence-corrected chi connectivity index (χ1v) is 10.5. The van der Waals surface area contributed by atoms with Crippen LogP contribution in [0.4, 0.5) is 8.78 Å². The molecule has 4 rings (SSSR count). The number of methoxy groups -OCH3 is 1. The van der Waals surface area contributed by atoms with Crippen molar-refractivity contribution in [2.75, 3.05) is 20.2 Å².